The predicted octanol–water partition coefficient (Wildman–Crippen LogP) is -0.115. The largest absolute Gasteiger partial charge is 0.367 e. The Morgan fingerprint density at radius 2 is 1.73 bits per heavy atom. The minimum atomic E-state index is -4.54. The van der Waals surface area contributed by atoms with Gasteiger partial charge in [0.15, 0.2) is 5.90 Å². The molecule has 68 valence electrons. The molecule has 0 aliphatic carbocycles. The van der Waals surface area contributed by atoms with Gasteiger partial charge in [-0.2, -0.15) is 0 Å². The van der Waals surface area contributed by atoms with Crippen molar-refractivity contribution in [2.75, 3.05) is 13.0 Å². The maximum Gasteiger partial charge on any atom is 0.367 e. The van der Waals surface area contributed by atoms with Crippen LogP contribution in [0.3, 0.4) is 0 Å². The van der Waals surface area contributed by atoms with Gasteiger partial charge in [-0.3, -0.25) is 9.13 Å². The molecule has 0 aliphatic rings. The van der Waals surface area contributed by atoms with Gasteiger partial charge in [0.05, 0.1) is 7.11 Å². The molecule has 0 aromatic heterocycles. The Kier molecular flexibility index (Phi) is 3.87. The van der Waals surface area contributed by atoms with Crippen LogP contribution in [-0.2, 0) is 18.7 Å². The van der Waals surface area contributed by atoms with E-state index in [1.54, 1.807) is 0 Å². The summed E-state index contributed by atoms with van der Waals surface area (Å²) in [6, 6.07) is 0. The second-order valence-corrected chi connectivity index (χ2v) is 5.57. The summed E-state index contributed by atoms with van der Waals surface area (Å²) in [7, 11) is -7.87. The lowest BCUT2D eigenvalue weighted by Crippen LogP contribution is -1.94. The van der Waals surface area contributed by atoms with Gasteiger partial charge in [-0.15, -0.1) is 4.67 Å². The smallest absolute Gasteiger partial charge is 0.324 e. The molecule has 0 rings (SSSR count). The van der Waals surface area contributed by atoms with Gasteiger partial charge in [-0.1, -0.05) is 0 Å². The third-order valence-electron chi connectivity index (χ3n) is 0.554. The van der Waals surface area contributed by atoms with Gasteiger partial charge in [0.2, 0.25) is 0 Å². The first-order valence-electron chi connectivity index (χ1n) is 2.36. The summed E-state index contributed by atoms with van der Waals surface area (Å²) >= 11 is 0. The standard InChI is InChI=1S/C2H8O7P2/c1-8-9-11(6,7)2-10(3,4)5/h2H2,1H3,(H,6,7)(H2,3,4,5). The predicted molar refractivity (Wildman–Crippen MR) is 34.8 cm³/mol. The van der Waals surface area contributed by atoms with Gasteiger partial charge in [-0.05, 0) is 0 Å². The van der Waals surface area contributed by atoms with E-state index in [4.69, 9.17) is 14.7 Å². The van der Waals surface area contributed by atoms with Crippen molar-refractivity contribution in [3.05, 3.63) is 0 Å². The lowest BCUT2D eigenvalue weighted by Gasteiger charge is -2.09. The molecule has 0 aliphatic heterocycles. The van der Waals surface area contributed by atoms with E-state index in [0.29, 0.717) is 0 Å². The van der Waals surface area contributed by atoms with Gasteiger partial charge in [0.1, 0.15) is 0 Å². The molecule has 0 heterocycles. The molecule has 0 aromatic carbocycles. The zero-order valence-electron chi connectivity index (χ0n) is 5.58. The normalized spacial score (nSPS) is 17.8. The molecule has 0 fully saturated rings. The fourth-order valence-electron chi connectivity index (χ4n) is 0.373. The Labute approximate surface area is 62.6 Å². The minimum Gasteiger partial charge on any atom is -0.324 e. The summed E-state index contributed by atoms with van der Waals surface area (Å²) < 4.78 is 24.4. The Morgan fingerprint density at radius 3 is 2.00 bits per heavy atom. The topological polar surface area (TPSA) is 113 Å². The van der Waals surface area contributed by atoms with Crippen molar-refractivity contribution in [1.82, 2.24) is 0 Å². The maximum absolute atomic E-state index is 10.5. The molecule has 0 radical (unpaired) electrons. The maximum atomic E-state index is 10.5. The van der Waals surface area contributed by atoms with Crippen LogP contribution >= 0.6 is 15.2 Å². The van der Waals surface area contributed by atoms with Crippen LogP contribution in [0.1, 0.15) is 0 Å². The van der Waals surface area contributed by atoms with E-state index in [-0.39, 0.29) is 0 Å². The van der Waals surface area contributed by atoms with Crippen LogP contribution in [0, 0.1) is 0 Å². The molecule has 0 saturated carbocycles. The minimum absolute atomic E-state index is 0.961. The van der Waals surface area contributed by atoms with Crippen molar-refractivity contribution in [2.45, 2.75) is 0 Å². The molecule has 11 heavy (non-hydrogen) atoms. The Balaban J connectivity index is 4.14. The van der Waals surface area contributed by atoms with Gasteiger partial charge < -0.3 is 14.7 Å². The van der Waals surface area contributed by atoms with Crippen molar-refractivity contribution in [1.29, 1.82) is 0 Å². The molecule has 1 atom stereocenters. The molecule has 0 aromatic rings. The molecule has 1 unspecified atom stereocenters. The molecule has 0 bridgehead atoms. The second-order valence-electron chi connectivity index (χ2n) is 1.68. The highest BCUT2D eigenvalue weighted by molar-refractivity contribution is 7.69. The molecule has 0 spiro atoms. The summed E-state index contributed by atoms with van der Waals surface area (Å²) in [6.45, 7) is 0. The van der Waals surface area contributed by atoms with Gasteiger partial charge in [0, 0.05) is 0 Å². The summed E-state index contributed by atoms with van der Waals surface area (Å²) in [6.07, 6.45) is 0. The van der Waals surface area contributed by atoms with Crippen molar-refractivity contribution >= 4 is 15.2 Å². The second kappa shape index (κ2) is 3.78. The molecule has 0 amide bonds. The molecule has 9 heteroatoms. The summed E-state index contributed by atoms with van der Waals surface area (Å²) in [4.78, 5) is 28.8. The fourth-order valence-corrected chi connectivity index (χ4v) is 2.66. The molecule has 3 N–H and O–H groups in total. The van der Waals surface area contributed by atoms with Crippen molar-refractivity contribution < 1.29 is 33.4 Å². The van der Waals surface area contributed by atoms with E-state index in [9.17, 15) is 9.13 Å². The summed E-state index contributed by atoms with van der Waals surface area (Å²) in [5, 5.41) is 0. The van der Waals surface area contributed by atoms with Crippen LogP contribution in [0.5, 0.6) is 0 Å². The Bertz CT molecular complexity index is 204. The Hall–Kier alpha value is 0.260. The molecular weight excluding hydrogens is 198 g/mol. The van der Waals surface area contributed by atoms with Crippen molar-refractivity contribution in [3.8, 4) is 0 Å². The van der Waals surface area contributed by atoms with E-state index in [1.165, 1.54) is 0 Å². The highest BCUT2D eigenvalue weighted by atomic mass is 31.2. The highest BCUT2D eigenvalue weighted by Gasteiger charge is 2.31. The highest BCUT2D eigenvalue weighted by Crippen LogP contribution is 2.55. The summed E-state index contributed by atoms with van der Waals surface area (Å²) in [5.41, 5.74) is 0. The first-order valence-corrected chi connectivity index (χ1v) is 5.92. The third-order valence-corrected chi connectivity index (χ3v) is 3.84. The zero-order valence-corrected chi connectivity index (χ0v) is 7.37. The summed E-state index contributed by atoms with van der Waals surface area (Å²) in [5.74, 6) is -1.24. The van der Waals surface area contributed by atoms with Crippen LogP contribution in [0.4, 0.5) is 0 Å². The first kappa shape index (κ1) is 11.3. The zero-order chi connectivity index (χ0) is 9.12. The number of hydrogen-bond acceptors (Lipinski definition) is 4. The van der Waals surface area contributed by atoms with E-state index in [2.05, 4.69) is 9.56 Å². The van der Waals surface area contributed by atoms with Crippen LogP contribution in [0.15, 0.2) is 0 Å². The van der Waals surface area contributed by atoms with Crippen molar-refractivity contribution in [3.63, 3.8) is 0 Å². The van der Waals surface area contributed by atoms with E-state index in [0.717, 1.165) is 7.11 Å². The average Bonchev–Trinajstić information content (AvgIpc) is 1.55. The quantitative estimate of drug-likeness (QED) is 0.334. The van der Waals surface area contributed by atoms with Crippen LogP contribution in [0.2, 0.25) is 0 Å². The van der Waals surface area contributed by atoms with Crippen LogP contribution < -0.4 is 0 Å². The molecule has 7 nitrogen and oxygen atoms in total. The monoisotopic (exact) mass is 206 g/mol. The Morgan fingerprint density at radius 1 is 1.27 bits per heavy atom. The van der Waals surface area contributed by atoms with Crippen molar-refractivity contribution in [2.24, 2.45) is 0 Å². The SMILES string of the molecule is COOP(=O)(O)CP(=O)(O)O. The number of rotatable bonds is 4. The lowest BCUT2D eigenvalue weighted by atomic mass is 11.8. The van der Waals surface area contributed by atoms with Gasteiger partial charge >= 0.3 is 15.2 Å². The van der Waals surface area contributed by atoms with Crippen LogP contribution in [-0.4, -0.2) is 27.7 Å². The third kappa shape index (κ3) is 6.65. The fraction of sp³-hybridized carbons (Fsp3) is 1.00. The average molecular weight is 206 g/mol. The van der Waals surface area contributed by atoms with Gasteiger partial charge in [-0.25, -0.2) is 4.89 Å². The van der Waals surface area contributed by atoms with E-state index >= 15 is 0 Å². The number of hydrogen-bond donors (Lipinski definition) is 3. The first-order chi connectivity index (χ1) is 4.77. The van der Waals surface area contributed by atoms with E-state index in [1.807, 2.05) is 0 Å². The lowest BCUT2D eigenvalue weighted by molar-refractivity contribution is -0.184. The molecule has 0 saturated heterocycles. The van der Waals surface area contributed by atoms with Crippen LogP contribution in [0.25, 0.3) is 0 Å². The van der Waals surface area contributed by atoms with Gasteiger partial charge in [0.25, 0.3) is 0 Å². The van der Waals surface area contributed by atoms with E-state index < -0.39 is 21.1 Å². The molecular formula is C2H8O7P2.